The van der Waals surface area contributed by atoms with Gasteiger partial charge in [0, 0.05) is 25.5 Å². The van der Waals surface area contributed by atoms with Crippen LogP contribution < -0.4 is 10.1 Å². The van der Waals surface area contributed by atoms with E-state index in [1.165, 1.54) is 14.2 Å². The highest BCUT2D eigenvalue weighted by atomic mass is 16.7. The Bertz CT molecular complexity index is 976. The molecule has 2 atom stereocenters. The third-order valence-corrected chi connectivity index (χ3v) is 5.01. The lowest BCUT2D eigenvalue weighted by molar-refractivity contribution is -0.265. The summed E-state index contributed by atoms with van der Waals surface area (Å²) in [5.74, 6) is -1.36. The Labute approximate surface area is 163 Å². The van der Waals surface area contributed by atoms with Crippen molar-refractivity contribution < 1.29 is 19.0 Å². The molecule has 0 aromatic heterocycles. The fourth-order valence-electron chi connectivity index (χ4n) is 3.67. The van der Waals surface area contributed by atoms with Crippen LogP contribution in [0.15, 0.2) is 84.9 Å². The molecule has 28 heavy (non-hydrogen) atoms. The molecule has 1 aliphatic rings. The maximum Gasteiger partial charge on any atom is 0.293 e. The van der Waals surface area contributed by atoms with Crippen molar-refractivity contribution in [2.45, 2.75) is 11.5 Å². The van der Waals surface area contributed by atoms with Gasteiger partial charge in [0.1, 0.15) is 5.75 Å². The van der Waals surface area contributed by atoms with E-state index >= 15 is 0 Å². The standard InChI is InChI=1S/C23H21NO4/c1-26-22(24-18-13-7-4-8-14-18)21(25)19-15-9-10-16-20(19)28-23(22,27-2)17-11-5-3-6-12-17/h3-16,24H,1-2H3/t22-,23-/m1/s1. The predicted molar refractivity (Wildman–Crippen MR) is 106 cm³/mol. The zero-order chi connectivity index (χ0) is 19.6. The maximum absolute atomic E-state index is 13.8. The van der Waals surface area contributed by atoms with Crippen molar-refractivity contribution in [2.24, 2.45) is 0 Å². The molecule has 0 saturated heterocycles. The normalized spacial score (nSPS) is 23.6. The van der Waals surface area contributed by atoms with Gasteiger partial charge in [-0.05, 0) is 24.3 Å². The molecular weight excluding hydrogens is 354 g/mol. The summed E-state index contributed by atoms with van der Waals surface area (Å²) in [4.78, 5) is 13.8. The van der Waals surface area contributed by atoms with Crippen molar-refractivity contribution in [3.8, 4) is 5.75 Å². The molecule has 1 heterocycles. The van der Waals surface area contributed by atoms with Gasteiger partial charge in [0.2, 0.25) is 5.78 Å². The maximum atomic E-state index is 13.8. The Morgan fingerprint density at radius 3 is 2.04 bits per heavy atom. The summed E-state index contributed by atoms with van der Waals surface area (Å²) < 4.78 is 18.2. The second-order valence-electron chi connectivity index (χ2n) is 6.49. The van der Waals surface area contributed by atoms with E-state index in [4.69, 9.17) is 14.2 Å². The highest BCUT2D eigenvalue weighted by Crippen LogP contribution is 2.48. The zero-order valence-corrected chi connectivity index (χ0v) is 15.7. The number of benzene rings is 3. The van der Waals surface area contributed by atoms with E-state index < -0.39 is 11.5 Å². The van der Waals surface area contributed by atoms with E-state index in [2.05, 4.69) is 5.32 Å². The first-order valence-corrected chi connectivity index (χ1v) is 8.99. The zero-order valence-electron chi connectivity index (χ0n) is 15.7. The fourth-order valence-corrected chi connectivity index (χ4v) is 3.67. The number of ether oxygens (including phenoxy) is 3. The van der Waals surface area contributed by atoms with Crippen molar-refractivity contribution in [1.82, 2.24) is 0 Å². The minimum Gasteiger partial charge on any atom is -0.452 e. The topological polar surface area (TPSA) is 56.8 Å². The van der Waals surface area contributed by atoms with Gasteiger partial charge < -0.3 is 19.5 Å². The highest BCUT2D eigenvalue weighted by molar-refractivity contribution is 6.08. The van der Waals surface area contributed by atoms with Crippen LogP contribution in [0.2, 0.25) is 0 Å². The van der Waals surface area contributed by atoms with Gasteiger partial charge in [-0.25, -0.2) is 0 Å². The van der Waals surface area contributed by atoms with Gasteiger partial charge in [-0.3, -0.25) is 4.79 Å². The summed E-state index contributed by atoms with van der Waals surface area (Å²) in [5.41, 5.74) is 0.152. The van der Waals surface area contributed by atoms with E-state index in [1.54, 1.807) is 18.2 Å². The summed E-state index contributed by atoms with van der Waals surface area (Å²) >= 11 is 0. The first kappa shape index (κ1) is 18.2. The molecule has 5 nitrogen and oxygen atoms in total. The predicted octanol–water partition coefficient (Wildman–Crippen LogP) is 4.22. The average molecular weight is 375 g/mol. The van der Waals surface area contributed by atoms with Gasteiger partial charge in [0.05, 0.1) is 5.56 Å². The first-order chi connectivity index (χ1) is 13.7. The summed E-state index contributed by atoms with van der Waals surface area (Å²) in [6.45, 7) is 0. The molecule has 1 aliphatic heterocycles. The van der Waals surface area contributed by atoms with Crippen LogP contribution in [0.4, 0.5) is 5.69 Å². The van der Waals surface area contributed by atoms with Crippen LogP contribution in [-0.4, -0.2) is 25.7 Å². The molecule has 0 bridgehead atoms. The molecule has 0 fully saturated rings. The van der Waals surface area contributed by atoms with E-state index in [1.807, 2.05) is 66.7 Å². The number of carbonyl (C=O) groups excluding carboxylic acids is 1. The number of hydrogen-bond donors (Lipinski definition) is 1. The molecule has 0 unspecified atom stereocenters. The van der Waals surface area contributed by atoms with Crippen LogP contribution in [0.25, 0.3) is 0 Å². The molecule has 4 rings (SSSR count). The van der Waals surface area contributed by atoms with Crippen molar-refractivity contribution in [3.05, 3.63) is 96.1 Å². The Balaban J connectivity index is 1.98. The third-order valence-electron chi connectivity index (χ3n) is 5.01. The number of rotatable bonds is 5. The number of para-hydroxylation sites is 2. The Morgan fingerprint density at radius 1 is 0.786 bits per heavy atom. The Morgan fingerprint density at radius 2 is 1.39 bits per heavy atom. The van der Waals surface area contributed by atoms with Crippen LogP contribution in [0, 0.1) is 0 Å². The van der Waals surface area contributed by atoms with Gasteiger partial charge >= 0.3 is 0 Å². The summed E-state index contributed by atoms with van der Waals surface area (Å²) in [5, 5.41) is 3.25. The average Bonchev–Trinajstić information content (AvgIpc) is 2.77. The summed E-state index contributed by atoms with van der Waals surface area (Å²) in [7, 11) is 2.98. The van der Waals surface area contributed by atoms with E-state index in [9.17, 15) is 4.79 Å². The van der Waals surface area contributed by atoms with E-state index in [0.717, 1.165) is 0 Å². The van der Waals surface area contributed by atoms with E-state index in [-0.39, 0.29) is 5.78 Å². The lowest BCUT2D eigenvalue weighted by Gasteiger charge is -2.50. The van der Waals surface area contributed by atoms with Crippen LogP contribution in [0.3, 0.4) is 0 Å². The molecule has 1 N–H and O–H groups in total. The van der Waals surface area contributed by atoms with Gasteiger partial charge in [0.25, 0.3) is 11.5 Å². The SMILES string of the molecule is CO[C@]1(c2ccccc2)Oc2ccccc2C(=O)[C@@]1(Nc1ccccc1)OC. The molecule has 3 aromatic carbocycles. The van der Waals surface area contributed by atoms with Gasteiger partial charge in [-0.15, -0.1) is 0 Å². The molecule has 0 spiro atoms. The van der Waals surface area contributed by atoms with Crippen molar-refractivity contribution in [2.75, 3.05) is 19.5 Å². The second-order valence-corrected chi connectivity index (χ2v) is 6.49. The lowest BCUT2D eigenvalue weighted by atomic mass is 9.84. The van der Waals surface area contributed by atoms with Crippen molar-refractivity contribution >= 4 is 11.5 Å². The molecular formula is C23H21NO4. The van der Waals surface area contributed by atoms with Crippen LogP contribution in [0.5, 0.6) is 5.75 Å². The minimum atomic E-state index is -1.64. The van der Waals surface area contributed by atoms with Crippen LogP contribution in [0.1, 0.15) is 15.9 Å². The number of Topliss-reactive ketones (excluding diaryl/α,β-unsaturated/α-hetero) is 1. The molecule has 0 amide bonds. The van der Waals surface area contributed by atoms with Crippen LogP contribution in [-0.2, 0) is 15.3 Å². The number of nitrogens with one attached hydrogen (secondary N) is 1. The number of ketones is 1. The minimum absolute atomic E-state index is 0.272. The van der Waals surface area contributed by atoms with Gasteiger partial charge in [0.15, 0.2) is 0 Å². The smallest absolute Gasteiger partial charge is 0.293 e. The lowest BCUT2D eigenvalue weighted by Crippen LogP contribution is -2.68. The monoisotopic (exact) mass is 375 g/mol. The number of hydrogen-bond acceptors (Lipinski definition) is 5. The molecule has 0 saturated carbocycles. The van der Waals surface area contributed by atoms with Gasteiger partial charge in [-0.1, -0.05) is 60.7 Å². The van der Waals surface area contributed by atoms with Crippen LogP contribution >= 0.6 is 0 Å². The van der Waals surface area contributed by atoms with Crippen molar-refractivity contribution in [1.29, 1.82) is 0 Å². The fraction of sp³-hybridized carbons (Fsp3) is 0.174. The number of fused-ring (bicyclic) bond motifs is 1. The molecule has 142 valence electrons. The Kier molecular flexibility index (Phi) is 4.63. The molecule has 5 heteroatoms. The van der Waals surface area contributed by atoms with Crippen molar-refractivity contribution in [3.63, 3.8) is 0 Å². The molecule has 0 aliphatic carbocycles. The quantitative estimate of drug-likeness (QED) is 0.677. The second kappa shape index (κ2) is 7.11. The summed E-state index contributed by atoms with van der Waals surface area (Å²) in [6, 6.07) is 25.8. The molecule has 3 aromatic rings. The Hall–Kier alpha value is -3.15. The number of anilines is 1. The van der Waals surface area contributed by atoms with E-state index in [0.29, 0.717) is 22.6 Å². The number of methoxy groups -OCH3 is 2. The number of carbonyl (C=O) groups is 1. The molecule has 0 radical (unpaired) electrons. The van der Waals surface area contributed by atoms with Gasteiger partial charge in [-0.2, -0.15) is 0 Å². The third kappa shape index (κ3) is 2.59. The largest absolute Gasteiger partial charge is 0.452 e. The highest BCUT2D eigenvalue weighted by Gasteiger charge is 2.65. The summed E-state index contributed by atoms with van der Waals surface area (Å²) in [6.07, 6.45) is 0. The first-order valence-electron chi connectivity index (χ1n) is 8.99.